The van der Waals surface area contributed by atoms with E-state index in [9.17, 15) is 4.79 Å². The number of amides is 1. The van der Waals surface area contributed by atoms with E-state index in [0.29, 0.717) is 16.9 Å². The molecule has 104 valence electrons. The molecule has 0 aliphatic carbocycles. The molecule has 4 heteroatoms. The molecule has 2 aromatic carbocycles. The van der Waals surface area contributed by atoms with Crippen molar-refractivity contribution in [1.29, 1.82) is 0 Å². The first-order valence-corrected chi connectivity index (χ1v) is 6.42. The van der Waals surface area contributed by atoms with Gasteiger partial charge < -0.3 is 16.0 Å². The maximum absolute atomic E-state index is 12.1. The number of carbonyl (C=O) groups excluding carboxylic acids is 1. The smallest absolute Gasteiger partial charge is 0.255 e. The van der Waals surface area contributed by atoms with Crippen LogP contribution in [0.15, 0.2) is 42.5 Å². The predicted octanol–water partition coefficient (Wildman–Crippen LogP) is 2.90. The lowest BCUT2D eigenvalue weighted by Crippen LogP contribution is -2.14. The molecule has 0 spiro atoms. The van der Waals surface area contributed by atoms with Crippen LogP contribution in [0.1, 0.15) is 15.9 Å². The molecule has 0 saturated heterocycles. The number of hydrogen-bond donors (Lipinski definition) is 2. The van der Waals surface area contributed by atoms with E-state index in [2.05, 4.69) is 5.32 Å². The fourth-order valence-electron chi connectivity index (χ4n) is 1.95. The molecule has 1 amide bonds. The molecule has 0 aliphatic rings. The van der Waals surface area contributed by atoms with E-state index in [1.54, 1.807) is 6.07 Å². The van der Waals surface area contributed by atoms with Crippen molar-refractivity contribution in [3.8, 4) is 0 Å². The van der Waals surface area contributed by atoms with E-state index in [1.807, 2.05) is 62.3 Å². The minimum absolute atomic E-state index is 0.137. The van der Waals surface area contributed by atoms with Crippen LogP contribution in [-0.2, 0) is 0 Å². The minimum atomic E-state index is -0.137. The van der Waals surface area contributed by atoms with Gasteiger partial charge in [-0.3, -0.25) is 4.79 Å². The summed E-state index contributed by atoms with van der Waals surface area (Å²) in [5, 5.41) is 2.85. The van der Waals surface area contributed by atoms with Crippen molar-refractivity contribution in [1.82, 2.24) is 0 Å². The van der Waals surface area contributed by atoms with E-state index in [0.717, 1.165) is 11.3 Å². The maximum atomic E-state index is 12.1. The van der Waals surface area contributed by atoms with Crippen molar-refractivity contribution < 1.29 is 4.79 Å². The predicted molar refractivity (Wildman–Crippen MR) is 84.3 cm³/mol. The van der Waals surface area contributed by atoms with Crippen LogP contribution >= 0.6 is 0 Å². The standard InChI is InChI=1S/C16H19N3O/c1-11-4-6-12(7-5-11)16(20)18-13-8-9-15(19(2)3)14(17)10-13/h4-10H,17H2,1-3H3,(H,18,20). The van der Waals surface area contributed by atoms with Gasteiger partial charge in [-0.1, -0.05) is 17.7 Å². The Hall–Kier alpha value is -2.49. The summed E-state index contributed by atoms with van der Waals surface area (Å²) in [4.78, 5) is 14.0. The average Bonchev–Trinajstić information content (AvgIpc) is 2.39. The molecule has 0 unspecified atom stereocenters. The zero-order chi connectivity index (χ0) is 14.7. The number of nitrogens with one attached hydrogen (secondary N) is 1. The second-order valence-corrected chi connectivity index (χ2v) is 4.99. The topological polar surface area (TPSA) is 58.4 Å². The van der Waals surface area contributed by atoms with Gasteiger partial charge in [-0.05, 0) is 37.3 Å². The summed E-state index contributed by atoms with van der Waals surface area (Å²) in [5.74, 6) is -0.137. The molecule has 0 radical (unpaired) electrons. The first-order valence-electron chi connectivity index (χ1n) is 6.42. The second-order valence-electron chi connectivity index (χ2n) is 4.99. The summed E-state index contributed by atoms with van der Waals surface area (Å²) in [6.45, 7) is 1.99. The summed E-state index contributed by atoms with van der Waals surface area (Å²) < 4.78 is 0. The lowest BCUT2D eigenvalue weighted by atomic mass is 10.1. The van der Waals surface area contributed by atoms with Crippen molar-refractivity contribution in [2.45, 2.75) is 6.92 Å². The Bertz CT molecular complexity index is 618. The molecule has 20 heavy (non-hydrogen) atoms. The van der Waals surface area contributed by atoms with Crippen LogP contribution in [0.5, 0.6) is 0 Å². The maximum Gasteiger partial charge on any atom is 0.255 e. The van der Waals surface area contributed by atoms with E-state index < -0.39 is 0 Å². The Morgan fingerprint density at radius 2 is 1.75 bits per heavy atom. The Morgan fingerprint density at radius 3 is 2.30 bits per heavy atom. The molecule has 0 fully saturated rings. The van der Waals surface area contributed by atoms with E-state index in [4.69, 9.17) is 5.73 Å². The number of anilines is 3. The molecule has 0 atom stereocenters. The minimum Gasteiger partial charge on any atom is -0.397 e. The van der Waals surface area contributed by atoms with Crippen LogP contribution in [-0.4, -0.2) is 20.0 Å². The van der Waals surface area contributed by atoms with Gasteiger partial charge in [-0.25, -0.2) is 0 Å². The van der Waals surface area contributed by atoms with Gasteiger partial charge in [-0.15, -0.1) is 0 Å². The highest BCUT2D eigenvalue weighted by Crippen LogP contribution is 2.25. The molecule has 3 N–H and O–H groups in total. The lowest BCUT2D eigenvalue weighted by molar-refractivity contribution is 0.102. The number of hydrogen-bond acceptors (Lipinski definition) is 3. The molecule has 0 saturated carbocycles. The highest BCUT2D eigenvalue weighted by atomic mass is 16.1. The summed E-state index contributed by atoms with van der Waals surface area (Å²) in [6.07, 6.45) is 0. The number of nitrogen functional groups attached to an aromatic ring is 1. The number of rotatable bonds is 3. The number of aryl methyl sites for hydroxylation is 1. The van der Waals surface area contributed by atoms with Crippen molar-refractivity contribution in [3.63, 3.8) is 0 Å². The molecule has 4 nitrogen and oxygen atoms in total. The molecular weight excluding hydrogens is 250 g/mol. The van der Waals surface area contributed by atoms with Gasteiger partial charge in [-0.2, -0.15) is 0 Å². The van der Waals surface area contributed by atoms with Crippen molar-refractivity contribution in [3.05, 3.63) is 53.6 Å². The van der Waals surface area contributed by atoms with Gasteiger partial charge in [0.05, 0.1) is 11.4 Å². The second kappa shape index (κ2) is 5.65. The van der Waals surface area contributed by atoms with Crippen LogP contribution in [0.25, 0.3) is 0 Å². The third-order valence-corrected chi connectivity index (χ3v) is 3.08. The number of benzene rings is 2. The summed E-state index contributed by atoms with van der Waals surface area (Å²) >= 11 is 0. The van der Waals surface area contributed by atoms with E-state index in [-0.39, 0.29) is 5.91 Å². The summed E-state index contributed by atoms with van der Waals surface area (Å²) in [7, 11) is 3.85. The summed E-state index contributed by atoms with van der Waals surface area (Å²) in [6, 6.07) is 12.9. The van der Waals surface area contributed by atoms with Gasteiger partial charge in [0, 0.05) is 25.3 Å². The fourth-order valence-corrected chi connectivity index (χ4v) is 1.95. The van der Waals surface area contributed by atoms with Gasteiger partial charge in [0.2, 0.25) is 0 Å². The lowest BCUT2D eigenvalue weighted by Gasteiger charge is -2.16. The monoisotopic (exact) mass is 269 g/mol. The molecule has 0 aliphatic heterocycles. The van der Waals surface area contributed by atoms with Crippen LogP contribution < -0.4 is 16.0 Å². The molecule has 0 heterocycles. The van der Waals surface area contributed by atoms with Gasteiger partial charge >= 0.3 is 0 Å². The Kier molecular flexibility index (Phi) is 3.94. The van der Waals surface area contributed by atoms with Crippen LogP contribution in [0, 0.1) is 6.92 Å². The molecule has 2 aromatic rings. The van der Waals surface area contributed by atoms with E-state index >= 15 is 0 Å². The highest BCUT2D eigenvalue weighted by molar-refractivity contribution is 6.04. The SMILES string of the molecule is Cc1ccc(C(=O)Nc2ccc(N(C)C)c(N)c2)cc1. The first kappa shape index (κ1) is 13.9. The molecule has 0 bridgehead atoms. The largest absolute Gasteiger partial charge is 0.397 e. The third-order valence-electron chi connectivity index (χ3n) is 3.08. The number of nitrogens with two attached hydrogens (primary N) is 1. The van der Waals surface area contributed by atoms with Crippen LogP contribution in [0.4, 0.5) is 17.1 Å². The van der Waals surface area contributed by atoms with Gasteiger partial charge in [0.25, 0.3) is 5.91 Å². The van der Waals surface area contributed by atoms with Crippen molar-refractivity contribution in [2.75, 3.05) is 30.0 Å². The summed E-state index contributed by atoms with van der Waals surface area (Å²) in [5.41, 5.74) is 9.98. The Morgan fingerprint density at radius 1 is 1.10 bits per heavy atom. The Labute approximate surface area is 119 Å². The van der Waals surface area contributed by atoms with Crippen LogP contribution in [0.2, 0.25) is 0 Å². The fraction of sp³-hybridized carbons (Fsp3) is 0.188. The number of nitrogens with zero attached hydrogens (tertiary/aromatic N) is 1. The molecule has 0 aromatic heterocycles. The molecular formula is C16H19N3O. The average molecular weight is 269 g/mol. The zero-order valence-corrected chi connectivity index (χ0v) is 12.0. The van der Waals surface area contributed by atoms with Gasteiger partial charge in [0.1, 0.15) is 0 Å². The third kappa shape index (κ3) is 3.09. The van der Waals surface area contributed by atoms with Crippen molar-refractivity contribution >= 4 is 23.0 Å². The van der Waals surface area contributed by atoms with E-state index in [1.165, 1.54) is 0 Å². The highest BCUT2D eigenvalue weighted by Gasteiger charge is 2.07. The van der Waals surface area contributed by atoms with Crippen LogP contribution in [0.3, 0.4) is 0 Å². The van der Waals surface area contributed by atoms with Crippen molar-refractivity contribution in [2.24, 2.45) is 0 Å². The number of carbonyl (C=O) groups is 1. The first-order chi connectivity index (χ1) is 9.47. The quantitative estimate of drug-likeness (QED) is 0.842. The normalized spacial score (nSPS) is 10.2. The molecule has 2 rings (SSSR count). The Balaban J connectivity index is 2.16. The zero-order valence-electron chi connectivity index (χ0n) is 12.0. The van der Waals surface area contributed by atoms with Gasteiger partial charge in [0.15, 0.2) is 0 Å².